The van der Waals surface area contributed by atoms with Crippen LogP contribution in [0.5, 0.6) is 0 Å². The van der Waals surface area contributed by atoms with Crippen molar-refractivity contribution in [2.75, 3.05) is 13.2 Å². The van der Waals surface area contributed by atoms with Gasteiger partial charge < -0.3 is 14.6 Å². The van der Waals surface area contributed by atoms with Crippen molar-refractivity contribution in [3.05, 3.63) is 52.4 Å². The first-order valence-corrected chi connectivity index (χ1v) is 8.67. The number of carbonyl (C=O) groups excluding carboxylic acids is 1. The molecule has 0 spiro atoms. The molecule has 2 aromatic rings. The van der Waals surface area contributed by atoms with Gasteiger partial charge in [-0.2, -0.15) is 0 Å². The molecular weight excluding hydrogens is 328 g/mol. The minimum Gasteiger partial charge on any atom is -0.381 e. The third kappa shape index (κ3) is 3.06. The Kier molecular flexibility index (Phi) is 4.06. The van der Waals surface area contributed by atoms with Gasteiger partial charge in [-0.15, -0.1) is 0 Å². The first-order valence-electron chi connectivity index (χ1n) is 8.29. The zero-order valence-corrected chi connectivity index (χ0v) is 14.0. The van der Waals surface area contributed by atoms with Crippen molar-refractivity contribution in [1.82, 2.24) is 10.5 Å². The minimum atomic E-state index is -0.460. The lowest BCUT2D eigenvalue weighted by molar-refractivity contribution is 0.0343. The summed E-state index contributed by atoms with van der Waals surface area (Å²) in [6.07, 6.45) is 3.66. The molecule has 1 aliphatic heterocycles. The molecule has 0 atom stereocenters. The molecule has 1 saturated heterocycles. The van der Waals surface area contributed by atoms with Gasteiger partial charge in [0.1, 0.15) is 5.76 Å². The lowest BCUT2D eigenvalue weighted by atomic mass is 9.82. The number of nitrogens with zero attached hydrogens (tertiary/aromatic N) is 1. The Balaban J connectivity index is 1.58. The maximum absolute atomic E-state index is 12.7. The van der Waals surface area contributed by atoms with Gasteiger partial charge in [0, 0.05) is 30.2 Å². The maximum atomic E-state index is 12.7. The molecule has 6 heteroatoms. The summed E-state index contributed by atoms with van der Waals surface area (Å²) in [4.78, 5) is 12.7. The van der Waals surface area contributed by atoms with Crippen molar-refractivity contribution in [3.63, 3.8) is 0 Å². The Bertz CT molecular complexity index is 731. The summed E-state index contributed by atoms with van der Waals surface area (Å²) < 4.78 is 10.8. The van der Waals surface area contributed by atoms with Gasteiger partial charge in [-0.25, -0.2) is 0 Å². The van der Waals surface area contributed by atoms with E-state index >= 15 is 0 Å². The summed E-state index contributed by atoms with van der Waals surface area (Å²) in [7, 11) is 0. The fraction of sp³-hybridized carbons (Fsp3) is 0.444. The number of benzene rings is 1. The Morgan fingerprint density at radius 3 is 2.58 bits per heavy atom. The topological polar surface area (TPSA) is 64.4 Å². The molecule has 0 radical (unpaired) electrons. The SMILES string of the molecule is O=C(NC1(c2ccc(Cl)cc2)CCOCC1)c1cc(C2CC2)on1. The highest BCUT2D eigenvalue weighted by Gasteiger charge is 2.37. The number of amides is 1. The maximum Gasteiger partial charge on any atom is 0.274 e. The van der Waals surface area contributed by atoms with Crippen LogP contribution in [0.3, 0.4) is 0 Å². The molecule has 5 nitrogen and oxygen atoms in total. The number of hydrogen-bond donors (Lipinski definition) is 1. The van der Waals surface area contributed by atoms with Gasteiger partial charge in [0.2, 0.25) is 0 Å². The second-order valence-electron chi connectivity index (χ2n) is 6.54. The molecule has 1 aromatic heterocycles. The second kappa shape index (κ2) is 6.22. The number of ether oxygens (including phenoxy) is 1. The molecule has 1 aromatic carbocycles. The molecule has 1 aliphatic carbocycles. The third-order valence-corrected chi connectivity index (χ3v) is 5.09. The van der Waals surface area contributed by atoms with Gasteiger partial charge in [-0.1, -0.05) is 28.9 Å². The van der Waals surface area contributed by atoms with Crippen LogP contribution in [0.15, 0.2) is 34.9 Å². The fourth-order valence-corrected chi connectivity index (χ4v) is 3.34. The highest BCUT2D eigenvalue weighted by atomic mass is 35.5. The van der Waals surface area contributed by atoms with Crippen LogP contribution in [0.4, 0.5) is 0 Å². The van der Waals surface area contributed by atoms with E-state index < -0.39 is 5.54 Å². The Hall–Kier alpha value is -1.85. The normalized spacial score (nSPS) is 19.9. The summed E-state index contributed by atoms with van der Waals surface area (Å²) in [5.41, 5.74) is 0.921. The number of hydrogen-bond acceptors (Lipinski definition) is 4. The van der Waals surface area contributed by atoms with E-state index in [2.05, 4.69) is 10.5 Å². The Morgan fingerprint density at radius 1 is 1.21 bits per heavy atom. The average Bonchev–Trinajstić information content (AvgIpc) is 3.33. The van der Waals surface area contributed by atoms with Gasteiger partial charge in [-0.3, -0.25) is 4.79 Å². The first kappa shape index (κ1) is 15.7. The predicted molar refractivity (Wildman–Crippen MR) is 89.1 cm³/mol. The second-order valence-corrected chi connectivity index (χ2v) is 6.98. The van der Waals surface area contributed by atoms with E-state index in [-0.39, 0.29) is 5.91 Å². The van der Waals surface area contributed by atoms with Crippen LogP contribution in [0, 0.1) is 0 Å². The van der Waals surface area contributed by atoms with Gasteiger partial charge in [-0.05, 0) is 43.4 Å². The van der Waals surface area contributed by atoms with E-state index in [1.807, 2.05) is 24.3 Å². The lowest BCUT2D eigenvalue weighted by Gasteiger charge is -2.38. The van der Waals surface area contributed by atoms with E-state index in [1.165, 1.54) is 0 Å². The van der Waals surface area contributed by atoms with Crippen LogP contribution in [0.25, 0.3) is 0 Å². The van der Waals surface area contributed by atoms with Crippen molar-refractivity contribution in [3.8, 4) is 0 Å². The molecule has 126 valence electrons. The van der Waals surface area contributed by atoms with Gasteiger partial charge in [0.15, 0.2) is 5.69 Å². The summed E-state index contributed by atoms with van der Waals surface area (Å²) in [6, 6.07) is 9.39. The predicted octanol–water partition coefficient (Wildman–Crippen LogP) is 3.64. The highest BCUT2D eigenvalue weighted by Crippen LogP contribution is 2.40. The third-order valence-electron chi connectivity index (χ3n) is 4.84. The van der Waals surface area contributed by atoms with Crippen molar-refractivity contribution in [2.24, 2.45) is 0 Å². The molecule has 1 amide bonds. The van der Waals surface area contributed by atoms with Gasteiger partial charge in [0.05, 0.1) is 5.54 Å². The van der Waals surface area contributed by atoms with Crippen LogP contribution in [0.1, 0.15) is 53.4 Å². The minimum absolute atomic E-state index is 0.206. The van der Waals surface area contributed by atoms with Gasteiger partial charge in [0.25, 0.3) is 5.91 Å². The zero-order valence-electron chi connectivity index (χ0n) is 13.3. The van der Waals surface area contributed by atoms with E-state index in [4.69, 9.17) is 20.9 Å². The quantitative estimate of drug-likeness (QED) is 0.918. The molecule has 0 bridgehead atoms. The molecule has 1 N–H and O–H groups in total. The first-order chi connectivity index (χ1) is 11.7. The van der Waals surface area contributed by atoms with Crippen LogP contribution in [0.2, 0.25) is 5.02 Å². The number of nitrogens with one attached hydrogen (secondary N) is 1. The van der Waals surface area contributed by atoms with E-state index in [1.54, 1.807) is 6.07 Å². The Morgan fingerprint density at radius 2 is 1.92 bits per heavy atom. The molecule has 0 unspecified atom stereocenters. The molecule has 24 heavy (non-hydrogen) atoms. The van der Waals surface area contributed by atoms with Crippen LogP contribution < -0.4 is 5.32 Å². The largest absolute Gasteiger partial charge is 0.381 e. The smallest absolute Gasteiger partial charge is 0.274 e. The van der Waals surface area contributed by atoms with Crippen molar-refractivity contribution >= 4 is 17.5 Å². The van der Waals surface area contributed by atoms with Crippen molar-refractivity contribution < 1.29 is 14.1 Å². The summed E-state index contributed by atoms with van der Waals surface area (Å²) >= 11 is 6.00. The van der Waals surface area contributed by atoms with Crippen LogP contribution in [-0.2, 0) is 10.3 Å². The van der Waals surface area contributed by atoms with E-state index in [0.717, 1.165) is 24.2 Å². The zero-order chi connectivity index (χ0) is 16.6. The van der Waals surface area contributed by atoms with Crippen LogP contribution >= 0.6 is 11.6 Å². The number of carbonyl (C=O) groups is 1. The molecule has 2 aliphatic rings. The standard InChI is InChI=1S/C18H19ClN2O3/c19-14-5-3-13(4-6-14)18(7-9-23-10-8-18)20-17(22)15-11-16(24-21-15)12-1-2-12/h3-6,11-12H,1-2,7-10H2,(H,20,22). The number of rotatable bonds is 4. The monoisotopic (exact) mass is 346 g/mol. The number of aromatic nitrogens is 1. The van der Waals surface area contributed by atoms with Crippen LogP contribution in [-0.4, -0.2) is 24.3 Å². The van der Waals surface area contributed by atoms with E-state index in [0.29, 0.717) is 42.7 Å². The number of halogens is 1. The summed E-state index contributed by atoms with van der Waals surface area (Å²) in [5.74, 6) is 1.04. The van der Waals surface area contributed by atoms with Crippen molar-refractivity contribution in [2.45, 2.75) is 37.1 Å². The molecular formula is C18H19ClN2O3. The molecule has 1 saturated carbocycles. The van der Waals surface area contributed by atoms with E-state index in [9.17, 15) is 4.79 Å². The summed E-state index contributed by atoms with van der Waals surface area (Å²) in [5, 5.41) is 7.79. The molecule has 2 fully saturated rings. The Labute approximate surface area is 145 Å². The lowest BCUT2D eigenvalue weighted by Crippen LogP contribution is -2.49. The summed E-state index contributed by atoms with van der Waals surface area (Å²) in [6.45, 7) is 1.21. The molecule has 2 heterocycles. The highest BCUT2D eigenvalue weighted by molar-refractivity contribution is 6.30. The molecule has 4 rings (SSSR count). The average molecular weight is 347 g/mol. The van der Waals surface area contributed by atoms with Crippen molar-refractivity contribution in [1.29, 1.82) is 0 Å². The fourth-order valence-electron chi connectivity index (χ4n) is 3.21. The van der Waals surface area contributed by atoms with Gasteiger partial charge >= 0.3 is 0 Å².